The molecule has 1 aromatic heterocycles. The molecule has 2 aromatic rings. The highest BCUT2D eigenvalue weighted by Crippen LogP contribution is 2.02. The quantitative estimate of drug-likeness (QED) is 0.507. The van der Waals surface area contributed by atoms with Crippen LogP contribution in [0.3, 0.4) is 0 Å². The molecular formula is C14H11FN4O2. The predicted molar refractivity (Wildman–Crippen MR) is 75.0 cm³/mol. The summed E-state index contributed by atoms with van der Waals surface area (Å²) in [5.41, 5.74) is 2.20. The third-order valence-electron chi connectivity index (χ3n) is 2.39. The van der Waals surface area contributed by atoms with Crippen LogP contribution in [-0.4, -0.2) is 23.0 Å². The monoisotopic (exact) mass is 286 g/mol. The van der Waals surface area contributed by atoms with Gasteiger partial charge in [-0.1, -0.05) is 24.3 Å². The predicted octanol–water partition coefficient (Wildman–Crippen LogP) is 1.31. The number of hydrazone groups is 1. The van der Waals surface area contributed by atoms with E-state index < -0.39 is 17.6 Å². The average molecular weight is 286 g/mol. The number of anilines is 1. The molecule has 0 aliphatic carbocycles. The van der Waals surface area contributed by atoms with E-state index in [9.17, 15) is 14.0 Å². The van der Waals surface area contributed by atoms with Gasteiger partial charge in [-0.25, -0.2) is 14.8 Å². The van der Waals surface area contributed by atoms with Crippen LogP contribution >= 0.6 is 0 Å². The van der Waals surface area contributed by atoms with Crippen molar-refractivity contribution in [2.45, 2.75) is 0 Å². The highest BCUT2D eigenvalue weighted by atomic mass is 19.1. The maximum atomic E-state index is 13.3. The molecule has 0 radical (unpaired) electrons. The smallest absolute Gasteiger partial charge is 0.302 e. The lowest BCUT2D eigenvalue weighted by molar-refractivity contribution is -0.136. The van der Waals surface area contributed by atoms with Crippen molar-refractivity contribution in [1.29, 1.82) is 0 Å². The minimum absolute atomic E-state index is 0.197. The van der Waals surface area contributed by atoms with E-state index in [1.165, 1.54) is 30.5 Å². The molecule has 2 rings (SSSR count). The summed E-state index contributed by atoms with van der Waals surface area (Å²) in [4.78, 5) is 26.8. The van der Waals surface area contributed by atoms with Gasteiger partial charge in [0.25, 0.3) is 0 Å². The second-order valence-corrected chi connectivity index (χ2v) is 3.89. The van der Waals surface area contributed by atoms with Crippen LogP contribution in [0.1, 0.15) is 5.56 Å². The van der Waals surface area contributed by atoms with Crippen molar-refractivity contribution >= 4 is 23.8 Å². The fourth-order valence-corrected chi connectivity index (χ4v) is 1.40. The van der Waals surface area contributed by atoms with Crippen molar-refractivity contribution in [2.75, 3.05) is 5.32 Å². The van der Waals surface area contributed by atoms with Gasteiger partial charge in [0.2, 0.25) is 0 Å². The number of halogens is 1. The second-order valence-electron chi connectivity index (χ2n) is 3.89. The summed E-state index contributed by atoms with van der Waals surface area (Å²) < 4.78 is 13.3. The number of nitrogens with zero attached hydrogens (tertiary/aromatic N) is 2. The molecule has 2 N–H and O–H groups in total. The minimum Gasteiger partial charge on any atom is -0.302 e. The standard InChI is InChI=1S/C14H11FN4O2/c15-11-6-2-1-5-10(11)9-17-19-14(21)13(20)18-12-7-3-4-8-16-12/h1-9H,(H,19,21)(H,16,18,20)/b17-9-. The molecule has 0 aliphatic heterocycles. The molecule has 0 saturated heterocycles. The lowest BCUT2D eigenvalue weighted by Crippen LogP contribution is -2.32. The van der Waals surface area contributed by atoms with Crippen LogP contribution < -0.4 is 10.7 Å². The number of pyridine rings is 1. The molecule has 0 saturated carbocycles. The molecule has 106 valence electrons. The first-order valence-corrected chi connectivity index (χ1v) is 5.97. The molecule has 21 heavy (non-hydrogen) atoms. The Kier molecular flexibility index (Phi) is 4.70. The Balaban J connectivity index is 1.90. The van der Waals surface area contributed by atoms with Crippen LogP contribution in [0.2, 0.25) is 0 Å². The lowest BCUT2D eigenvalue weighted by atomic mass is 10.2. The summed E-state index contributed by atoms with van der Waals surface area (Å²) in [5, 5.41) is 5.81. The van der Waals surface area contributed by atoms with E-state index in [-0.39, 0.29) is 11.4 Å². The van der Waals surface area contributed by atoms with Crippen LogP contribution in [-0.2, 0) is 9.59 Å². The Morgan fingerprint density at radius 1 is 1.10 bits per heavy atom. The normalized spacial score (nSPS) is 10.3. The van der Waals surface area contributed by atoms with Gasteiger partial charge < -0.3 is 5.32 Å². The third kappa shape index (κ3) is 4.20. The Hall–Kier alpha value is -3.09. The Morgan fingerprint density at radius 2 is 1.86 bits per heavy atom. The molecular weight excluding hydrogens is 275 g/mol. The maximum absolute atomic E-state index is 13.3. The van der Waals surface area contributed by atoms with Crippen LogP contribution in [0, 0.1) is 5.82 Å². The van der Waals surface area contributed by atoms with E-state index in [1.54, 1.807) is 18.2 Å². The van der Waals surface area contributed by atoms with Gasteiger partial charge in [0.1, 0.15) is 11.6 Å². The molecule has 7 heteroatoms. The molecule has 0 bridgehead atoms. The summed E-state index contributed by atoms with van der Waals surface area (Å²) in [7, 11) is 0. The fraction of sp³-hybridized carbons (Fsp3) is 0. The number of rotatable bonds is 3. The van der Waals surface area contributed by atoms with Gasteiger partial charge in [-0.15, -0.1) is 0 Å². The van der Waals surface area contributed by atoms with E-state index in [1.807, 2.05) is 5.43 Å². The molecule has 0 aliphatic rings. The minimum atomic E-state index is -0.978. The van der Waals surface area contributed by atoms with Gasteiger partial charge in [-0.2, -0.15) is 5.10 Å². The van der Waals surface area contributed by atoms with Crippen molar-refractivity contribution in [3.05, 3.63) is 60.0 Å². The van der Waals surface area contributed by atoms with Gasteiger partial charge >= 0.3 is 11.8 Å². The molecule has 2 amide bonds. The number of amides is 2. The summed E-state index contributed by atoms with van der Waals surface area (Å²) in [6.07, 6.45) is 2.59. The van der Waals surface area contributed by atoms with E-state index in [4.69, 9.17) is 0 Å². The van der Waals surface area contributed by atoms with Crippen LogP contribution in [0.25, 0.3) is 0 Å². The Morgan fingerprint density at radius 3 is 2.57 bits per heavy atom. The SMILES string of the molecule is O=C(N/N=C\c1ccccc1F)C(=O)Nc1ccccn1. The molecule has 6 nitrogen and oxygen atoms in total. The highest BCUT2D eigenvalue weighted by molar-refractivity contribution is 6.39. The second kappa shape index (κ2) is 6.90. The van der Waals surface area contributed by atoms with Gasteiger partial charge in [0.05, 0.1) is 6.21 Å². The number of hydrogen-bond acceptors (Lipinski definition) is 4. The highest BCUT2D eigenvalue weighted by Gasteiger charge is 2.13. The third-order valence-corrected chi connectivity index (χ3v) is 2.39. The fourth-order valence-electron chi connectivity index (χ4n) is 1.40. The zero-order chi connectivity index (χ0) is 15.1. The topological polar surface area (TPSA) is 83.5 Å². The largest absolute Gasteiger partial charge is 0.329 e. The molecule has 0 fully saturated rings. The molecule has 1 heterocycles. The van der Waals surface area contributed by atoms with Crippen molar-refractivity contribution in [3.8, 4) is 0 Å². The molecule has 0 spiro atoms. The number of aromatic nitrogens is 1. The van der Waals surface area contributed by atoms with Gasteiger partial charge in [0, 0.05) is 11.8 Å². The lowest BCUT2D eigenvalue weighted by Gasteiger charge is -2.02. The maximum Gasteiger partial charge on any atom is 0.329 e. The van der Waals surface area contributed by atoms with Gasteiger partial charge in [0.15, 0.2) is 0 Å². The summed E-state index contributed by atoms with van der Waals surface area (Å²) in [6.45, 7) is 0. The number of carbonyl (C=O) groups is 2. The number of nitrogens with one attached hydrogen (secondary N) is 2. The summed E-state index contributed by atoms with van der Waals surface area (Å²) in [6, 6.07) is 10.8. The van der Waals surface area contributed by atoms with Crippen LogP contribution in [0.5, 0.6) is 0 Å². The Labute approximate surface area is 119 Å². The summed E-state index contributed by atoms with van der Waals surface area (Å²) in [5.74, 6) is -2.13. The average Bonchev–Trinajstić information content (AvgIpc) is 2.50. The number of hydrogen-bond donors (Lipinski definition) is 2. The molecule has 0 atom stereocenters. The van der Waals surface area contributed by atoms with E-state index in [2.05, 4.69) is 15.4 Å². The molecule has 0 unspecified atom stereocenters. The van der Waals surface area contributed by atoms with Gasteiger partial charge in [-0.3, -0.25) is 9.59 Å². The van der Waals surface area contributed by atoms with Crippen molar-refractivity contribution in [1.82, 2.24) is 10.4 Å². The number of benzene rings is 1. The zero-order valence-electron chi connectivity index (χ0n) is 10.8. The van der Waals surface area contributed by atoms with E-state index >= 15 is 0 Å². The first-order valence-electron chi connectivity index (χ1n) is 5.97. The van der Waals surface area contributed by atoms with Crippen molar-refractivity contribution < 1.29 is 14.0 Å². The van der Waals surface area contributed by atoms with Crippen LogP contribution in [0.15, 0.2) is 53.8 Å². The van der Waals surface area contributed by atoms with Crippen molar-refractivity contribution in [3.63, 3.8) is 0 Å². The molecule has 1 aromatic carbocycles. The number of carbonyl (C=O) groups excluding carboxylic acids is 2. The Bertz CT molecular complexity index is 674. The zero-order valence-corrected chi connectivity index (χ0v) is 10.8. The van der Waals surface area contributed by atoms with Crippen molar-refractivity contribution in [2.24, 2.45) is 5.10 Å². The van der Waals surface area contributed by atoms with Gasteiger partial charge in [-0.05, 0) is 18.2 Å². The summed E-state index contributed by atoms with van der Waals surface area (Å²) >= 11 is 0. The van der Waals surface area contributed by atoms with Crippen LogP contribution in [0.4, 0.5) is 10.2 Å². The first kappa shape index (κ1) is 14.3. The first-order chi connectivity index (χ1) is 10.2. The van der Waals surface area contributed by atoms with E-state index in [0.717, 1.165) is 6.21 Å². The van der Waals surface area contributed by atoms with E-state index in [0.29, 0.717) is 0 Å².